The summed E-state index contributed by atoms with van der Waals surface area (Å²) in [6, 6.07) is 6.04. The van der Waals surface area contributed by atoms with Crippen LogP contribution in [-0.2, 0) is 4.79 Å². The summed E-state index contributed by atoms with van der Waals surface area (Å²) in [5, 5.41) is 16.8. The molecule has 1 N–H and O–H groups in total. The molecule has 0 aliphatic carbocycles. The molecule has 0 fully saturated rings. The van der Waals surface area contributed by atoms with Crippen LogP contribution < -0.4 is 0 Å². The first-order valence-corrected chi connectivity index (χ1v) is 6.39. The lowest BCUT2D eigenvalue weighted by atomic mass is 10.2. The van der Waals surface area contributed by atoms with Crippen molar-refractivity contribution in [1.29, 1.82) is 0 Å². The standard InChI is InChI=1S/C10H7FN2O2S2/c11-7-3-1-2-6(4-7)9-12-13-10(17-9)16-5-8(14)15/h1-4H,5H2,(H,14,15). The minimum absolute atomic E-state index is 0.0578. The Hall–Kier alpha value is -1.47. The van der Waals surface area contributed by atoms with E-state index >= 15 is 0 Å². The molecule has 0 atom stereocenters. The van der Waals surface area contributed by atoms with Crippen LogP contribution in [0.5, 0.6) is 0 Å². The van der Waals surface area contributed by atoms with Crippen LogP contribution in [-0.4, -0.2) is 27.0 Å². The van der Waals surface area contributed by atoms with Gasteiger partial charge in [-0.2, -0.15) is 0 Å². The predicted octanol–water partition coefficient (Wildman–Crippen LogP) is 2.52. The maximum Gasteiger partial charge on any atom is 0.313 e. The number of benzene rings is 1. The summed E-state index contributed by atoms with van der Waals surface area (Å²) in [7, 11) is 0. The zero-order chi connectivity index (χ0) is 12.3. The Balaban J connectivity index is 2.15. The molecule has 0 amide bonds. The molecule has 4 nitrogen and oxygen atoms in total. The number of carboxylic acids is 1. The van der Waals surface area contributed by atoms with Crippen LogP contribution in [0.2, 0.25) is 0 Å². The van der Waals surface area contributed by atoms with Crippen LogP contribution in [0, 0.1) is 5.82 Å². The Morgan fingerprint density at radius 2 is 2.29 bits per heavy atom. The summed E-state index contributed by atoms with van der Waals surface area (Å²) in [4.78, 5) is 10.4. The van der Waals surface area contributed by atoms with Gasteiger partial charge in [0.25, 0.3) is 0 Å². The third kappa shape index (κ3) is 3.24. The van der Waals surface area contributed by atoms with E-state index in [1.165, 1.54) is 23.5 Å². The fraction of sp³-hybridized carbons (Fsp3) is 0.100. The molecule has 2 aromatic rings. The average Bonchev–Trinajstić information content (AvgIpc) is 2.75. The van der Waals surface area contributed by atoms with Gasteiger partial charge in [-0.05, 0) is 12.1 Å². The molecule has 1 aromatic carbocycles. The molecule has 1 aromatic heterocycles. The van der Waals surface area contributed by atoms with Gasteiger partial charge >= 0.3 is 5.97 Å². The highest BCUT2D eigenvalue weighted by molar-refractivity contribution is 8.01. The van der Waals surface area contributed by atoms with Crippen LogP contribution in [0.1, 0.15) is 0 Å². The van der Waals surface area contributed by atoms with Gasteiger partial charge in [0.05, 0.1) is 5.75 Å². The molecular weight excluding hydrogens is 263 g/mol. The Bertz CT molecular complexity index is 545. The summed E-state index contributed by atoms with van der Waals surface area (Å²) in [6.07, 6.45) is 0. The van der Waals surface area contributed by atoms with E-state index in [2.05, 4.69) is 10.2 Å². The van der Waals surface area contributed by atoms with Crippen LogP contribution in [0.4, 0.5) is 4.39 Å². The highest BCUT2D eigenvalue weighted by Crippen LogP contribution is 2.29. The second kappa shape index (κ2) is 5.24. The van der Waals surface area contributed by atoms with Crippen molar-refractivity contribution in [3.8, 4) is 10.6 Å². The molecule has 88 valence electrons. The van der Waals surface area contributed by atoms with Crippen LogP contribution in [0.15, 0.2) is 28.6 Å². The van der Waals surface area contributed by atoms with E-state index in [9.17, 15) is 9.18 Å². The molecule has 7 heteroatoms. The molecule has 0 saturated carbocycles. The number of hydrogen-bond donors (Lipinski definition) is 1. The Kier molecular flexibility index (Phi) is 3.70. The summed E-state index contributed by atoms with van der Waals surface area (Å²) < 4.78 is 13.5. The lowest BCUT2D eigenvalue weighted by Gasteiger charge is -1.93. The first-order valence-electron chi connectivity index (χ1n) is 4.59. The quantitative estimate of drug-likeness (QED) is 0.865. The number of carboxylic acid groups (broad SMARTS) is 1. The van der Waals surface area contributed by atoms with Crippen molar-refractivity contribution in [3.05, 3.63) is 30.1 Å². The minimum atomic E-state index is -0.905. The SMILES string of the molecule is O=C(O)CSc1nnc(-c2cccc(F)c2)s1. The monoisotopic (exact) mass is 270 g/mol. The molecule has 1 heterocycles. The number of carbonyl (C=O) groups is 1. The minimum Gasteiger partial charge on any atom is -0.481 e. The molecule has 0 saturated heterocycles. The van der Waals surface area contributed by atoms with E-state index < -0.39 is 5.97 Å². The number of nitrogens with zero attached hydrogens (tertiary/aromatic N) is 2. The molecule has 0 aliphatic heterocycles. The van der Waals surface area contributed by atoms with E-state index in [0.717, 1.165) is 11.8 Å². The Labute approximate surface area is 105 Å². The van der Waals surface area contributed by atoms with E-state index in [-0.39, 0.29) is 11.6 Å². The van der Waals surface area contributed by atoms with Crippen LogP contribution >= 0.6 is 23.1 Å². The van der Waals surface area contributed by atoms with Crippen molar-refractivity contribution in [3.63, 3.8) is 0 Å². The lowest BCUT2D eigenvalue weighted by Crippen LogP contribution is -1.96. The summed E-state index contributed by atoms with van der Waals surface area (Å²) in [5.41, 5.74) is 0.643. The number of aromatic nitrogens is 2. The maximum absolute atomic E-state index is 13.0. The number of halogens is 1. The zero-order valence-electron chi connectivity index (χ0n) is 8.46. The van der Waals surface area contributed by atoms with Gasteiger partial charge in [-0.3, -0.25) is 4.79 Å². The first kappa shape index (κ1) is 12.0. The van der Waals surface area contributed by atoms with Gasteiger partial charge in [0, 0.05) is 5.56 Å². The zero-order valence-corrected chi connectivity index (χ0v) is 10.1. The molecule has 0 unspecified atom stereocenters. The van der Waals surface area contributed by atoms with Crippen molar-refractivity contribution >= 4 is 29.1 Å². The fourth-order valence-electron chi connectivity index (χ4n) is 1.13. The Morgan fingerprint density at radius 3 is 3.00 bits per heavy atom. The van der Waals surface area contributed by atoms with E-state index in [1.807, 2.05) is 0 Å². The van der Waals surface area contributed by atoms with E-state index in [1.54, 1.807) is 12.1 Å². The highest BCUT2D eigenvalue weighted by atomic mass is 32.2. The molecule has 0 spiro atoms. The molecule has 0 aliphatic rings. The second-order valence-electron chi connectivity index (χ2n) is 3.07. The average molecular weight is 270 g/mol. The third-order valence-corrected chi connectivity index (χ3v) is 3.89. The number of rotatable bonds is 4. The van der Waals surface area contributed by atoms with Gasteiger partial charge in [-0.25, -0.2) is 4.39 Å². The molecule has 2 rings (SSSR count). The maximum atomic E-state index is 13.0. The third-order valence-electron chi connectivity index (χ3n) is 1.80. The van der Waals surface area contributed by atoms with Gasteiger partial charge in [0.2, 0.25) is 0 Å². The topological polar surface area (TPSA) is 63.1 Å². The molecule has 0 bridgehead atoms. The Morgan fingerprint density at radius 1 is 1.47 bits per heavy atom. The number of hydrogen-bond acceptors (Lipinski definition) is 5. The van der Waals surface area contributed by atoms with E-state index in [0.29, 0.717) is 14.9 Å². The lowest BCUT2D eigenvalue weighted by molar-refractivity contribution is -0.133. The van der Waals surface area contributed by atoms with Crippen LogP contribution in [0.25, 0.3) is 10.6 Å². The molecule has 17 heavy (non-hydrogen) atoms. The smallest absolute Gasteiger partial charge is 0.313 e. The number of thioether (sulfide) groups is 1. The molecule has 0 radical (unpaired) electrons. The van der Waals surface area contributed by atoms with Crippen molar-refractivity contribution in [1.82, 2.24) is 10.2 Å². The van der Waals surface area contributed by atoms with Crippen molar-refractivity contribution < 1.29 is 14.3 Å². The van der Waals surface area contributed by atoms with Gasteiger partial charge in [-0.1, -0.05) is 35.2 Å². The van der Waals surface area contributed by atoms with Crippen molar-refractivity contribution in [2.24, 2.45) is 0 Å². The summed E-state index contributed by atoms with van der Waals surface area (Å²) in [6.45, 7) is 0. The second-order valence-corrected chi connectivity index (χ2v) is 5.27. The van der Waals surface area contributed by atoms with Crippen molar-refractivity contribution in [2.75, 3.05) is 5.75 Å². The summed E-state index contributed by atoms with van der Waals surface area (Å²) in [5.74, 6) is -1.30. The molecular formula is C10H7FN2O2S2. The van der Waals surface area contributed by atoms with Crippen LogP contribution in [0.3, 0.4) is 0 Å². The van der Waals surface area contributed by atoms with E-state index in [4.69, 9.17) is 5.11 Å². The van der Waals surface area contributed by atoms with Gasteiger partial charge in [0.15, 0.2) is 4.34 Å². The normalized spacial score (nSPS) is 10.4. The summed E-state index contributed by atoms with van der Waals surface area (Å²) >= 11 is 2.35. The van der Waals surface area contributed by atoms with Gasteiger partial charge in [-0.15, -0.1) is 10.2 Å². The first-order chi connectivity index (χ1) is 8.15. The predicted molar refractivity (Wildman–Crippen MR) is 63.7 cm³/mol. The fourth-order valence-corrected chi connectivity index (χ4v) is 2.70. The largest absolute Gasteiger partial charge is 0.481 e. The van der Waals surface area contributed by atoms with Gasteiger partial charge in [0.1, 0.15) is 10.8 Å². The highest BCUT2D eigenvalue weighted by Gasteiger charge is 2.09. The van der Waals surface area contributed by atoms with Crippen molar-refractivity contribution in [2.45, 2.75) is 4.34 Å². The number of aliphatic carboxylic acids is 1. The van der Waals surface area contributed by atoms with Gasteiger partial charge < -0.3 is 5.11 Å².